The van der Waals surface area contributed by atoms with Crippen molar-refractivity contribution in [2.75, 3.05) is 7.05 Å². The predicted octanol–water partition coefficient (Wildman–Crippen LogP) is 1.33. The fourth-order valence-electron chi connectivity index (χ4n) is 0.871. The first-order chi connectivity index (χ1) is 4.63. The van der Waals surface area contributed by atoms with Crippen molar-refractivity contribution in [1.82, 2.24) is 5.32 Å². The van der Waals surface area contributed by atoms with Gasteiger partial charge in [-0.05, 0) is 12.8 Å². The molecule has 0 aromatic carbocycles. The standard InChI is InChI=1S/C8H15NO/c1-5-7(6(2)3)8(10)9-4/h5-6H,1-4H3,(H,9,10)/b7-5+. The highest BCUT2D eigenvalue weighted by molar-refractivity contribution is 5.93. The lowest BCUT2D eigenvalue weighted by Crippen LogP contribution is -2.22. The van der Waals surface area contributed by atoms with Gasteiger partial charge < -0.3 is 5.32 Å². The first-order valence-corrected chi connectivity index (χ1v) is 3.51. The van der Waals surface area contributed by atoms with Gasteiger partial charge in [-0.15, -0.1) is 0 Å². The van der Waals surface area contributed by atoms with Crippen LogP contribution < -0.4 is 5.32 Å². The van der Waals surface area contributed by atoms with Crippen LogP contribution in [0.25, 0.3) is 0 Å². The van der Waals surface area contributed by atoms with E-state index in [-0.39, 0.29) is 5.91 Å². The van der Waals surface area contributed by atoms with Crippen LogP contribution in [0.1, 0.15) is 20.8 Å². The van der Waals surface area contributed by atoms with Crippen molar-refractivity contribution in [3.8, 4) is 0 Å². The quantitative estimate of drug-likeness (QED) is 0.577. The van der Waals surface area contributed by atoms with E-state index in [1.807, 2.05) is 26.8 Å². The molecule has 0 aliphatic carbocycles. The third-order valence-corrected chi connectivity index (χ3v) is 1.42. The molecule has 0 unspecified atom stereocenters. The summed E-state index contributed by atoms with van der Waals surface area (Å²) in [5, 5.41) is 2.59. The second-order valence-corrected chi connectivity index (χ2v) is 2.48. The summed E-state index contributed by atoms with van der Waals surface area (Å²) in [5.74, 6) is 0.336. The van der Waals surface area contributed by atoms with Gasteiger partial charge in [0.2, 0.25) is 5.91 Å². The molecule has 1 N–H and O–H groups in total. The van der Waals surface area contributed by atoms with E-state index in [0.29, 0.717) is 5.92 Å². The Morgan fingerprint density at radius 3 is 2.10 bits per heavy atom. The lowest BCUT2D eigenvalue weighted by molar-refractivity contribution is -0.117. The summed E-state index contributed by atoms with van der Waals surface area (Å²) in [6.45, 7) is 5.89. The summed E-state index contributed by atoms with van der Waals surface area (Å²) in [6.07, 6.45) is 1.85. The Hall–Kier alpha value is -0.790. The van der Waals surface area contributed by atoms with Crippen molar-refractivity contribution in [2.45, 2.75) is 20.8 Å². The molecule has 10 heavy (non-hydrogen) atoms. The highest BCUT2D eigenvalue weighted by atomic mass is 16.1. The Balaban J connectivity index is 4.24. The molecular weight excluding hydrogens is 126 g/mol. The Labute approximate surface area is 62.3 Å². The molecule has 0 aromatic heterocycles. The zero-order valence-electron chi connectivity index (χ0n) is 7.06. The maximum Gasteiger partial charge on any atom is 0.246 e. The van der Waals surface area contributed by atoms with E-state index in [1.54, 1.807) is 7.05 Å². The van der Waals surface area contributed by atoms with Crippen LogP contribution >= 0.6 is 0 Å². The smallest absolute Gasteiger partial charge is 0.246 e. The fourth-order valence-corrected chi connectivity index (χ4v) is 0.871. The van der Waals surface area contributed by atoms with Gasteiger partial charge in [0.25, 0.3) is 0 Å². The zero-order chi connectivity index (χ0) is 8.15. The van der Waals surface area contributed by atoms with Gasteiger partial charge in [-0.1, -0.05) is 19.9 Å². The summed E-state index contributed by atoms with van der Waals surface area (Å²) in [7, 11) is 1.65. The minimum absolute atomic E-state index is 0.0255. The first-order valence-electron chi connectivity index (χ1n) is 3.51. The maximum atomic E-state index is 11.0. The summed E-state index contributed by atoms with van der Waals surface area (Å²) in [4.78, 5) is 11.0. The Kier molecular flexibility index (Phi) is 3.77. The molecule has 0 atom stereocenters. The third kappa shape index (κ3) is 2.21. The van der Waals surface area contributed by atoms with Crippen molar-refractivity contribution in [3.63, 3.8) is 0 Å². The van der Waals surface area contributed by atoms with Gasteiger partial charge in [0, 0.05) is 12.6 Å². The van der Waals surface area contributed by atoms with Gasteiger partial charge in [-0.2, -0.15) is 0 Å². The van der Waals surface area contributed by atoms with Gasteiger partial charge in [0.1, 0.15) is 0 Å². The number of nitrogens with one attached hydrogen (secondary N) is 1. The first kappa shape index (κ1) is 9.21. The minimum Gasteiger partial charge on any atom is -0.355 e. The number of hydrogen-bond acceptors (Lipinski definition) is 1. The van der Waals surface area contributed by atoms with Crippen LogP contribution in [0.5, 0.6) is 0 Å². The van der Waals surface area contributed by atoms with Crippen molar-refractivity contribution < 1.29 is 4.79 Å². The molecule has 2 nitrogen and oxygen atoms in total. The van der Waals surface area contributed by atoms with E-state index in [0.717, 1.165) is 5.57 Å². The third-order valence-electron chi connectivity index (χ3n) is 1.42. The molecule has 1 amide bonds. The van der Waals surface area contributed by atoms with Crippen LogP contribution in [0.4, 0.5) is 0 Å². The van der Waals surface area contributed by atoms with E-state index < -0.39 is 0 Å². The van der Waals surface area contributed by atoms with Gasteiger partial charge in [-0.3, -0.25) is 4.79 Å². The van der Waals surface area contributed by atoms with Crippen molar-refractivity contribution in [2.24, 2.45) is 5.92 Å². The highest BCUT2D eigenvalue weighted by Gasteiger charge is 2.08. The molecule has 0 aromatic rings. The normalized spacial score (nSPS) is 11.9. The van der Waals surface area contributed by atoms with Crippen LogP contribution in [0, 0.1) is 5.92 Å². The van der Waals surface area contributed by atoms with Crippen LogP contribution in [-0.4, -0.2) is 13.0 Å². The van der Waals surface area contributed by atoms with Crippen LogP contribution in [0.15, 0.2) is 11.6 Å². The molecule has 0 bridgehead atoms. The SMILES string of the molecule is C/C=C(/C(=O)NC)C(C)C. The predicted molar refractivity (Wildman–Crippen MR) is 42.7 cm³/mol. The van der Waals surface area contributed by atoms with Crippen molar-refractivity contribution >= 4 is 5.91 Å². The number of likely N-dealkylation sites (N-methyl/N-ethyl adjacent to an activating group) is 1. The molecule has 2 heteroatoms. The number of amides is 1. The summed E-state index contributed by atoms with van der Waals surface area (Å²) < 4.78 is 0. The molecule has 0 heterocycles. The lowest BCUT2D eigenvalue weighted by atomic mass is 10.0. The minimum atomic E-state index is 0.0255. The molecular formula is C8H15NO. The molecule has 0 fully saturated rings. The van der Waals surface area contributed by atoms with Gasteiger partial charge in [-0.25, -0.2) is 0 Å². The van der Waals surface area contributed by atoms with Crippen molar-refractivity contribution in [3.05, 3.63) is 11.6 Å². The number of carbonyl (C=O) groups excluding carboxylic acids is 1. The monoisotopic (exact) mass is 141 g/mol. The van der Waals surface area contributed by atoms with Gasteiger partial charge in [0.05, 0.1) is 0 Å². The van der Waals surface area contributed by atoms with Gasteiger partial charge in [0.15, 0.2) is 0 Å². The molecule has 0 saturated carbocycles. The fraction of sp³-hybridized carbons (Fsp3) is 0.625. The summed E-state index contributed by atoms with van der Waals surface area (Å²) >= 11 is 0. The number of carbonyl (C=O) groups is 1. The number of hydrogen-bond donors (Lipinski definition) is 1. The molecule has 0 saturated heterocycles. The van der Waals surface area contributed by atoms with Crippen LogP contribution in [0.2, 0.25) is 0 Å². The average Bonchev–Trinajstić information content (AvgIpc) is 1.88. The Morgan fingerprint density at radius 2 is 2.00 bits per heavy atom. The maximum absolute atomic E-state index is 11.0. The van der Waals surface area contributed by atoms with Crippen LogP contribution in [0.3, 0.4) is 0 Å². The van der Waals surface area contributed by atoms with Crippen molar-refractivity contribution in [1.29, 1.82) is 0 Å². The number of allylic oxidation sites excluding steroid dienone is 1. The molecule has 0 radical (unpaired) electrons. The largest absolute Gasteiger partial charge is 0.355 e. The highest BCUT2D eigenvalue weighted by Crippen LogP contribution is 2.08. The molecule has 0 spiro atoms. The van der Waals surface area contributed by atoms with Crippen LogP contribution in [-0.2, 0) is 4.79 Å². The summed E-state index contributed by atoms with van der Waals surface area (Å²) in [6, 6.07) is 0. The molecule has 0 aliphatic heterocycles. The van der Waals surface area contributed by atoms with E-state index in [9.17, 15) is 4.79 Å². The Bertz CT molecular complexity index is 147. The lowest BCUT2D eigenvalue weighted by Gasteiger charge is -2.07. The average molecular weight is 141 g/mol. The second-order valence-electron chi connectivity index (χ2n) is 2.48. The van der Waals surface area contributed by atoms with E-state index in [2.05, 4.69) is 5.32 Å². The summed E-state index contributed by atoms with van der Waals surface area (Å²) in [5.41, 5.74) is 0.850. The van der Waals surface area contributed by atoms with E-state index in [4.69, 9.17) is 0 Å². The van der Waals surface area contributed by atoms with E-state index >= 15 is 0 Å². The van der Waals surface area contributed by atoms with E-state index in [1.165, 1.54) is 0 Å². The second kappa shape index (κ2) is 4.09. The molecule has 58 valence electrons. The Morgan fingerprint density at radius 1 is 1.50 bits per heavy atom. The molecule has 0 aliphatic rings. The number of rotatable bonds is 2. The molecule has 0 rings (SSSR count). The topological polar surface area (TPSA) is 29.1 Å². The van der Waals surface area contributed by atoms with Gasteiger partial charge >= 0.3 is 0 Å². The zero-order valence-corrected chi connectivity index (χ0v) is 7.06.